The summed E-state index contributed by atoms with van der Waals surface area (Å²) in [7, 11) is -2.48. The predicted molar refractivity (Wildman–Crippen MR) is 144 cm³/mol. The fourth-order valence-electron chi connectivity index (χ4n) is 6.46. The second-order valence-corrected chi connectivity index (χ2v) is 13.9. The number of anilines is 1. The summed E-state index contributed by atoms with van der Waals surface area (Å²) in [6.07, 6.45) is 7.70. The highest BCUT2D eigenvalue weighted by atomic mass is 32.2. The molecule has 12 heteroatoms. The van der Waals surface area contributed by atoms with Crippen LogP contribution in [0.2, 0.25) is 0 Å². The van der Waals surface area contributed by atoms with Crippen molar-refractivity contribution in [1.82, 2.24) is 29.3 Å². The third-order valence-electron chi connectivity index (χ3n) is 8.63. The Morgan fingerprint density at radius 3 is 2.51 bits per heavy atom. The topological polar surface area (TPSA) is 124 Å². The van der Waals surface area contributed by atoms with Crippen LogP contribution in [0.5, 0.6) is 5.88 Å². The number of hydrogen-bond donors (Lipinski definition) is 1. The Hall–Kier alpha value is -3.41. The molecule has 208 valence electrons. The normalized spacial score (nSPS) is 25.2. The first-order chi connectivity index (χ1) is 18.4. The molecular weight excluding hydrogens is 518 g/mol. The number of carbonyl (C=O) groups is 1. The summed E-state index contributed by atoms with van der Waals surface area (Å²) in [4.78, 5) is 20.4. The molecular formula is C27H35N7O4S. The molecule has 3 saturated carbocycles. The van der Waals surface area contributed by atoms with E-state index in [1.807, 2.05) is 6.07 Å². The monoisotopic (exact) mass is 553 g/mol. The van der Waals surface area contributed by atoms with Crippen molar-refractivity contribution in [2.24, 2.45) is 24.3 Å². The van der Waals surface area contributed by atoms with E-state index in [1.165, 1.54) is 30.1 Å². The summed E-state index contributed by atoms with van der Waals surface area (Å²) in [5.74, 6) is 2.01. The summed E-state index contributed by atoms with van der Waals surface area (Å²) in [5, 5.41) is 8.57. The second-order valence-electron chi connectivity index (χ2n) is 12.3. The van der Waals surface area contributed by atoms with Crippen molar-refractivity contribution in [2.75, 3.05) is 18.1 Å². The Morgan fingerprint density at radius 1 is 1.18 bits per heavy atom. The van der Waals surface area contributed by atoms with Gasteiger partial charge in [0.25, 0.3) is 15.9 Å². The minimum atomic E-state index is -4.13. The molecule has 3 aliphatic carbocycles. The van der Waals surface area contributed by atoms with Gasteiger partial charge in [-0.2, -0.15) is 5.10 Å². The van der Waals surface area contributed by atoms with Gasteiger partial charge >= 0.3 is 0 Å². The van der Waals surface area contributed by atoms with Gasteiger partial charge < -0.3 is 9.64 Å². The number of ether oxygens (including phenoxy) is 1. The summed E-state index contributed by atoms with van der Waals surface area (Å²) < 4.78 is 37.4. The number of sulfonamides is 1. The maximum atomic E-state index is 13.5. The van der Waals surface area contributed by atoms with Gasteiger partial charge in [0.15, 0.2) is 5.82 Å². The summed E-state index contributed by atoms with van der Waals surface area (Å²) in [6.45, 7) is 9.38. The smallest absolute Gasteiger partial charge is 0.268 e. The third-order valence-corrected chi connectivity index (χ3v) is 10.1. The molecule has 1 aliphatic heterocycles. The van der Waals surface area contributed by atoms with Crippen molar-refractivity contribution < 1.29 is 17.9 Å². The minimum Gasteiger partial charge on any atom is -0.476 e. The van der Waals surface area contributed by atoms with Crippen molar-refractivity contribution in [3.63, 3.8) is 0 Å². The highest BCUT2D eigenvalue weighted by Crippen LogP contribution is 2.64. The first kappa shape index (κ1) is 25.8. The van der Waals surface area contributed by atoms with Gasteiger partial charge in [0.2, 0.25) is 5.88 Å². The van der Waals surface area contributed by atoms with Crippen LogP contribution in [-0.2, 0) is 17.1 Å². The van der Waals surface area contributed by atoms with Crippen molar-refractivity contribution in [2.45, 2.75) is 63.8 Å². The number of pyridine rings is 1. The third kappa shape index (κ3) is 4.48. The van der Waals surface area contributed by atoms with Crippen LogP contribution in [0.25, 0.3) is 5.82 Å². The molecule has 4 aliphatic rings. The van der Waals surface area contributed by atoms with Gasteiger partial charge in [-0.3, -0.25) is 9.48 Å². The van der Waals surface area contributed by atoms with Crippen LogP contribution in [-0.4, -0.2) is 57.6 Å². The van der Waals surface area contributed by atoms with E-state index in [2.05, 4.69) is 40.6 Å². The molecule has 1 atom stereocenters. The fourth-order valence-corrected chi connectivity index (χ4v) is 7.63. The molecule has 1 saturated heterocycles. The van der Waals surface area contributed by atoms with Gasteiger partial charge in [0.05, 0.1) is 24.1 Å². The highest BCUT2D eigenvalue weighted by molar-refractivity contribution is 7.90. The number of nitrogens with zero attached hydrogens (tertiary/aromatic N) is 6. The van der Waals surface area contributed by atoms with Crippen LogP contribution in [0.3, 0.4) is 0 Å². The zero-order chi connectivity index (χ0) is 27.7. The lowest BCUT2D eigenvalue weighted by molar-refractivity contribution is -0.132. The molecule has 39 heavy (non-hydrogen) atoms. The van der Waals surface area contributed by atoms with Gasteiger partial charge in [-0.05, 0) is 70.4 Å². The van der Waals surface area contributed by atoms with E-state index in [0.717, 1.165) is 12.3 Å². The maximum absolute atomic E-state index is 13.5. The van der Waals surface area contributed by atoms with E-state index in [1.54, 1.807) is 37.0 Å². The number of aromatic nitrogens is 5. The lowest BCUT2D eigenvalue weighted by atomic mass is 9.45. The van der Waals surface area contributed by atoms with Crippen LogP contribution in [0.15, 0.2) is 35.5 Å². The molecule has 0 unspecified atom stereocenters. The Balaban J connectivity index is 1.30. The van der Waals surface area contributed by atoms with Crippen LogP contribution >= 0.6 is 0 Å². The molecule has 1 amide bonds. The number of hydrogen-bond acceptors (Lipinski definition) is 8. The van der Waals surface area contributed by atoms with Gasteiger partial charge in [-0.1, -0.05) is 6.92 Å². The molecule has 0 spiro atoms. The van der Waals surface area contributed by atoms with Crippen molar-refractivity contribution in [1.29, 1.82) is 0 Å². The van der Waals surface area contributed by atoms with Crippen molar-refractivity contribution in [3.8, 4) is 11.7 Å². The average Bonchev–Trinajstić information content (AvgIpc) is 3.48. The quantitative estimate of drug-likeness (QED) is 0.451. The maximum Gasteiger partial charge on any atom is 0.268 e. The van der Waals surface area contributed by atoms with Gasteiger partial charge in [-0.15, -0.1) is 5.10 Å². The van der Waals surface area contributed by atoms with Crippen LogP contribution < -0.4 is 14.4 Å². The number of carbonyl (C=O) groups excluding carboxylic acids is 1. The predicted octanol–water partition coefficient (Wildman–Crippen LogP) is 3.23. The largest absolute Gasteiger partial charge is 0.476 e. The van der Waals surface area contributed by atoms with E-state index in [4.69, 9.17) is 9.72 Å². The highest BCUT2D eigenvalue weighted by Gasteiger charge is 2.57. The molecule has 0 radical (unpaired) electrons. The summed E-state index contributed by atoms with van der Waals surface area (Å²) in [6, 6.07) is 5.10. The first-order valence-electron chi connectivity index (χ1n) is 13.4. The Bertz CT molecular complexity index is 1540. The molecule has 4 fully saturated rings. The average molecular weight is 554 g/mol. The molecule has 0 aromatic carbocycles. The molecule has 4 heterocycles. The van der Waals surface area contributed by atoms with E-state index in [0.29, 0.717) is 47.7 Å². The van der Waals surface area contributed by atoms with Gasteiger partial charge in [0.1, 0.15) is 10.7 Å². The van der Waals surface area contributed by atoms with E-state index in [9.17, 15) is 13.2 Å². The van der Waals surface area contributed by atoms with Crippen molar-refractivity contribution >= 4 is 21.7 Å². The van der Waals surface area contributed by atoms with Gasteiger partial charge in [0, 0.05) is 36.8 Å². The molecule has 1 N–H and O–H groups in total. The van der Waals surface area contributed by atoms with Crippen molar-refractivity contribution in [3.05, 3.63) is 41.9 Å². The standard InChI is InChI=1S/C27H35N7O4S/c1-17-10-26(3,4)33(15-17)24-20(25(35)31-39(36,37)21-14-28-32(5)18(21)2)6-7-22(29-24)34-9-8-23(30-34)38-16-27-11-19(12-27)13-27/h6-9,14,17,19H,10-13,15-16H2,1-5H3,(H,31,35)/t17-,19?,27?/m0/s1. The summed E-state index contributed by atoms with van der Waals surface area (Å²) >= 11 is 0. The van der Waals surface area contributed by atoms with Crippen LogP contribution in [0, 0.1) is 24.2 Å². The molecule has 3 aromatic rings. The van der Waals surface area contributed by atoms with E-state index < -0.39 is 15.9 Å². The zero-order valence-corrected chi connectivity index (χ0v) is 23.8. The van der Waals surface area contributed by atoms with E-state index >= 15 is 0 Å². The zero-order valence-electron chi connectivity index (χ0n) is 23.0. The lowest BCUT2D eigenvalue weighted by Gasteiger charge is -2.61. The number of amides is 1. The molecule has 3 aromatic heterocycles. The fraction of sp³-hybridized carbons (Fsp3) is 0.556. The molecule has 11 nitrogen and oxygen atoms in total. The van der Waals surface area contributed by atoms with Crippen LogP contribution in [0.1, 0.15) is 62.5 Å². The number of nitrogens with one attached hydrogen (secondary N) is 1. The van der Waals surface area contributed by atoms with Gasteiger partial charge in [-0.25, -0.2) is 22.8 Å². The Kier molecular flexibility index (Phi) is 5.83. The number of aryl methyl sites for hydroxylation is 1. The first-order valence-corrected chi connectivity index (χ1v) is 14.9. The lowest BCUT2D eigenvalue weighted by Crippen LogP contribution is -2.55. The Morgan fingerprint density at radius 2 is 1.92 bits per heavy atom. The number of rotatable bonds is 8. The molecule has 2 bridgehead atoms. The SMILES string of the molecule is Cc1c(S(=O)(=O)NC(=O)c2ccc(-n3ccc(OCC45CC(C4)C5)n3)nc2N2C[C@@H](C)CC2(C)C)cnn1C. The molecule has 7 rings (SSSR count). The van der Waals surface area contributed by atoms with E-state index in [-0.39, 0.29) is 16.0 Å². The summed E-state index contributed by atoms with van der Waals surface area (Å²) in [5.41, 5.74) is 0.684. The Labute approximate surface area is 228 Å². The second kappa shape index (κ2) is 8.80. The van der Waals surface area contributed by atoms with Crippen LogP contribution in [0.4, 0.5) is 5.82 Å². The minimum absolute atomic E-state index is 0.0393.